The highest BCUT2D eigenvalue weighted by atomic mass is 16.5. The average molecular weight is 364 g/mol. The van der Waals surface area contributed by atoms with Crippen molar-refractivity contribution < 1.29 is 14.3 Å². The van der Waals surface area contributed by atoms with Gasteiger partial charge in [-0.05, 0) is 30.2 Å². The first kappa shape index (κ1) is 17.4. The van der Waals surface area contributed by atoms with Crippen LogP contribution in [0.5, 0.6) is 5.88 Å². The van der Waals surface area contributed by atoms with E-state index in [0.29, 0.717) is 19.1 Å². The lowest BCUT2D eigenvalue weighted by Gasteiger charge is -2.19. The molecule has 1 N–H and O–H groups in total. The number of fused-ring (bicyclic) bond motifs is 1. The van der Waals surface area contributed by atoms with Gasteiger partial charge in [-0.1, -0.05) is 18.2 Å². The highest BCUT2D eigenvalue weighted by molar-refractivity contribution is 5.92. The Hall–Kier alpha value is -3.06. The summed E-state index contributed by atoms with van der Waals surface area (Å²) < 4.78 is 10.6. The third-order valence-electron chi connectivity index (χ3n) is 4.82. The zero-order chi connectivity index (χ0) is 18.6. The molecule has 3 aromatic rings. The van der Waals surface area contributed by atoms with Crippen LogP contribution in [0.2, 0.25) is 0 Å². The fourth-order valence-electron chi connectivity index (χ4n) is 3.37. The van der Waals surface area contributed by atoms with Crippen LogP contribution in [0.25, 0.3) is 10.9 Å². The minimum Gasteiger partial charge on any atom is -0.480 e. The van der Waals surface area contributed by atoms with Crippen molar-refractivity contribution in [2.45, 2.75) is 12.5 Å². The van der Waals surface area contributed by atoms with E-state index in [1.54, 1.807) is 12.1 Å². The lowest BCUT2D eigenvalue weighted by Crippen LogP contribution is -2.41. The Balaban J connectivity index is 1.47. The van der Waals surface area contributed by atoms with Crippen LogP contribution >= 0.6 is 0 Å². The summed E-state index contributed by atoms with van der Waals surface area (Å²) in [4.78, 5) is 16.9. The molecule has 2 atom stereocenters. The highest BCUT2D eigenvalue weighted by Crippen LogP contribution is 2.24. The van der Waals surface area contributed by atoms with E-state index in [4.69, 9.17) is 9.47 Å². The van der Waals surface area contributed by atoms with Crippen LogP contribution in [0.15, 0.2) is 48.7 Å². The molecule has 0 bridgehead atoms. The Kier molecular flexibility index (Phi) is 4.93. The number of pyridine rings is 1. The molecule has 0 unspecified atom stereocenters. The Bertz CT molecular complexity index is 940. The molecule has 4 rings (SSSR count). The largest absolute Gasteiger partial charge is 0.480 e. The molecule has 1 aliphatic heterocycles. The van der Waals surface area contributed by atoms with E-state index in [9.17, 15) is 4.79 Å². The van der Waals surface area contributed by atoms with Gasteiger partial charge in [-0.2, -0.15) is 0 Å². The second-order valence-corrected chi connectivity index (χ2v) is 6.53. The summed E-state index contributed by atoms with van der Waals surface area (Å²) in [7, 11) is 1.51. The maximum absolute atomic E-state index is 12.5. The standard InChI is InChI=1S/C20H20N4O3/c1-26-19-7-6-17(23-24-19)20(25)22-18-12-27-11-14(18)10-13-8-9-21-16-5-3-2-4-15(13)16/h2-9,14,18H,10-12H2,1H3,(H,22,25)/t14-,18-/m1/s1. The van der Waals surface area contributed by atoms with Crippen molar-refractivity contribution in [1.82, 2.24) is 20.5 Å². The number of hydrogen-bond acceptors (Lipinski definition) is 6. The van der Waals surface area contributed by atoms with E-state index in [1.807, 2.05) is 30.5 Å². The molecule has 0 aliphatic carbocycles. The van der Waals surface area contributed by atoms with Crippen molar-refractivity contribution in [1.29, 1.82) is 0 Å². The number of nitrogens with one attached hydrogen (secondary N) is 1. The van der Waals surface area contributed by atoms with Crippen LogP contribution in [-0.4, -0.2) is 47.5 Å². The molecule has 1 aliphatic rings. The second kappa shape index (κ2) is 7.67. The number of methoxy groups -OCH3 is 1. The van der Waals surface area contributed by atoms with Crippen molar-refractivity contribution in [3.05, 3.63) is 59.9 Å². The van der Waals surface area contributed by atoms with Crippen LogP contribution in [-0.2, 0) is 11.2 Å². The van der Waals surface area contributed by atoms with Crippen molar-refractivity contribution in [3.63, 3.8) is 0 Å². The van der Waals surface area contributed by atoms with Crippen LogP contribution in [0.4, 0.5) is 0 Å². The average Bonchev–Trinajstić information content (AvgIpc) is 3.15. The summed E-state index contributed by atoms with van der Waals surface area (Å²) in [5.41, 5.74) is 2.44. The number of carbonyl (C=O) groups excluding carboxylic acids is 1. The first-order valence-corrected chi connectivity index (χ1v) is 8.83. The van der Waals surface area contributed by atoms with E-state index >= 15 is 0 Å². The summed E-state index contributed by atoms with van der Waals surface area (Å²) in [6.07, 6.45) is 2.64. The molecule has 3 heterocycles. The summed E-state index contributed by atoms with van der Waals surface area (Å²) in [6, 6.07) is 13.3. The highest BCUT2D eigenvalue weighted by Gasteiger charge is 2.30. The lowest BCUT2D eigenvalue weighted by molar-refractivity contribution is 0.0918. The van der Waals surface area contributed by atoms with E-state index in [-0.39, 0.29) is 23.6 Å². The first-order valence-electron chi connectivity index (χ1n) is 8.83. The van der Waals surface area contributed by atoms with Gasteiger partial charge in [0.1, 0.15) is 0 Å². The summed E-state index contributed by atoms with van der Waals surface area (Å²) >= 11 is 0. The van der Waals surface area contributed by atoms with Crippen LogP contribution in [0.1, 0.15) is 16.1 Å². The Morgan fingerprint density at radius 1 is 1.19 bits per heavy atom. The minimum absolute atomic E-state index is 0.0756. The van der Waals surface area contributed by atoms with E-state index in [1.165, 1.54) is 12.7 Å². The predicted molar refractivity (Wildman–Crippen MR) is 99.6 cm³/mol. The molecular formula is C20H20N4O3. The molecule has 0 saturated carbocycles. The molecular weight excluding hydrogens is 344 g/mol. The molecule has 2 aromatic heterocycles. The van der Waals surface area contributed by atoms with Crippen LogP contribution in [0, 0.1) is 5.92 Å². The SMILES string of the molecule is COc1ccc(C(=O)N[C@@H]2COC[C@H]2Cc2ccnc3ccccc23)nn1. The van der Waals surface area contributed by atoms with Crippen LogP contribution in [0.3, 0.4) is 0 Å². The second-order valence-electron chi connectivity index (χ2n) is 6.53. The zero-order valence-corrected chi connectivity index (χ0v) is 15.0. The quantitative estimate of drug-likeness (QED) is 0.745. The van der Waals surface area contributed by atoms with Gasteiger partial charge < -0.3 is 14.8 Å². The molecule has 27 heavy (non-hydrogen) atoms. The van der Waals surface area contributed by atoms with E-state index in [0.717, 1.165) is 17.3 Å². The zero-order valence-electron chi connectivity index (χ0n) is 15.0. The third-order valence-corrected chi connectivity index (χ3v) is 4.82. The van der Waals surface area contributed by atoms with Crippen molar-refractivity contribution in [2.75, 3.05) is 20.3 Å². The minimum atomic E-state index is -0.259. The molecule has 7 nitrogen and oxygen atoms in total. The number of nitrogens with zero attached hydrogens (tertiary/aromatic N) is 3. The van der Waals surface area contributed by atoms with E-state index in [2.05, 4.69) is 26.6 Å². The smallest absolute Gasteiger partial charge is 0.272 e. The van der Waals surface area contributed by atoms with Gasteiger partial charge in [0.2, 0.25) is 5.88 Å². The van der Waals surface area contributed by atoms with E-state index < -0.39 is 0 Å². The Morgan fingerprint density at radius 3 is 2.89 bits per heavy atom. The fraction of sp³-hybridized carbons (Fsp3) is 0.300. The molecule has 1 fully saturated rings. The van der Waals surface area contributed by atoms with Gasteiger partial charge in [0.05, 0.1) is 31.9 Å². The van der Waals surface area contributed by atoms with Gasteiger partial charge in [-0.3, -0.25) is 9.78 Å². The van der Waals surface area contributed by atoms with Gasteiger partial charge in [-0.25, -0.2) is 0 Å². The Labute approximate surface area is 156 Å². The number of carbonyl (C=O) groups is 1. The Morgan fingerprint density at radius 2 is 2.07 bits per heavy atom. The van der Waals surface area contributed by atoms with Crippen molar-refractivity contribution in [3.8, 4) is 5.88 Å². The van der Waals surface area contributed by atoms with Gasteiger partial charge >= 0.3 is 0 Å². The van der Waals surface area contributed by atoms with Crippen molar-refractivity contribution in [2.24, 2.45) is 5.92 Å². The topological polar surface area (TPSA) is 86.2 Å². The summed E-state index contributed by atoms with van der Waals surface area (Å²) in [6.45, 7) is 1.10. The maximum Gasteiger partial charge on any atom is 0.272 e. The summed E-state index contributed by atoms with van der Waals surface area (Å²) in [5, 5.41) is 11.9. The number of ether oxygens (including phenoxy) is 2. The number of benzene rings is 1. The monoisotopic (exact) mass is 364 g/mol. The molecule has 1 saturated heterocycles. The third kappa shape index (κ3) is 3.73. The molecule has 0 radical (unpaired) electrons. The van der Waals surface area contributed by atoms with Gasteiger partial charge in [0, 0.05) is 23.6 Å². The first-order chi connectivity index (χ1) is 13.2. The van der Waals surface area contributed by atoms with Crippen molar-refractivity contribution >= 4 is 16.8 Å². The summed E-state index contributed by atoms with van der Waals surface area (Å²) in [5.74, 6) is 0.300. The molecule has 7 heteroatoms. The normalized spacial score (nSPS) is 19.1. The molecule has 0 spiro atoms. The number of para-hydroxylation sites is 1. The number of amides is 1. The molecule has 138 valence electrons. The van der Waals surface area contributed by atoms with Gasteiger partial charge in [0.15, 0.2) is 5.69 Å². The lowest BCUT2D eigenvalue weighted by atomic mass is 9.93. The molecule has 1 aromatic carbocycles. The predicted octanol–water partition coefficient (Wildman–Crippen LogP) is 2.02. The number of rotatable bonds is 5. The number of aromatic nitrogens is 3. The van der Waals surface area contributed by atoms with Crippen LogP contribution < -0.4 is 10.1 Å². The molecule has 1 amide bonds. The van der Waals surface area contributed by atoms with Gasteiger partial charge in [0.25, 0.3) is 5.91 Å². The van der Waals surface area contributed by atoms with Gasteiger partial charge in [-0.15, -0.1) is 10.2 Å². The number of hydrogen-bond donors (Lipinski definition) is 1. The fourth-order valence-corrected chi connectivity index (χ4v) is 3.37. The maximum atomic E-state index is 12.5.